The number of hydrogen-bond donors (Lipinski definition) is 0. The van der Waals surface area contributed by atoms with Crippen molar-refractivity contribution in [3.8, 4) is 0 Å². The van der Waals surface area contributed by atoms with Crippen LogP contribution in [-0.2, 0) is 0 Å². The van der Waals surface area contributed by atoms with Crippen LogP contribution in [0.5, 0.6) is 0 Å². The standard InChI is InChI=1S/C9H7FN2O/c1-6(13)8-4-11-9-3-2-7(10)5-12(8)9/h2-5H,1H3. The largest absolute Gasteiger partial charge is 0.294 e. The van der Waals surface area contributed by atoms with Gasteiger partial charge in [-0.25, -0.2) is 9.37 Å². The van der Waals surface area contributed by atoms with Crippen LogP contribution in [0.1, 0.15) is 17.4 Å². The Kier molecular flexibility index (Phi) is 1.62. The number of carbonyl (C=O) groups excluding carboxylic acids is 1. The average molecular weight is 178 g/mol. The Bertz CT molecular complexity index is 475. The number of fused-ring (bicyclic) bond motifs is 1. The molecule has 13 heavy (non-hydrogen) atoms. The summed E-state index contributed by atoms with van der Waals surface area (Å²) < 4.78 is 14.2. The zero-order valence-corrected chi connectivity index (χ0v) is 6.99. The van der Waals surface area contributed by atoms with Crippen LogP contribution in [0.15, 0.2) is 24.5 Å². The van der Waals surface area contributed by atoms with Gasteiger partial charge in [0.05, 0.1) is 6.20 Å². The zero-order chi connectivity index (χ0) is 9.42. The van der Waals surface area contributed by atoms with E-state index in [1.165, 1.54) is 35.9 Å². The molecule has 0 aliphatic rings. The predicted molar refractivity (Wildman–Crippen MR) is 45.2 cm³/mol. The molecule has 2 rings (SSSR count). The van der Waals surface area contributed by atoms with Crippen molar-refractivity contribution in [3.63, 3.8) is 0 Å². The highest BCUT2D eigenvalue weighted by Gasteiger charge is 2.07. The molecule has 0 aromatic carbocycles. The van der Waals surface area contributed by atoms with E-state index >= 15 is 0 Å². The third-order valence-corrected chi connectivity index (χ3v) is 1.83. The lowest BCUT2D eigenvalue weighted by Crippen LogP contribution is -1.98. The molecule has 0 unspecified atom stereocenters. The minimum Gasteiger partial charge on any atom is -0.294 e. The zero-order valence-electron chi connectivity index (χ0n) is 6.99. The lowest BCUT2D eigenvalue weighted by molar-refractivity contribution is 0.101. The summed E-state index contributed by atoms with van der Waals surface area (Å²) in [5.74, 6) is -0.508. The normalized spacial score (nSPS) is 10.6. The fourth-order valence-corrected chi connectivity index (χ4v) is 1.22. The van der Waals surface area contributed by atoms with E-state index in [1.807, 2.05) is 0 Å². The average Bonchev–Trinajstić information content (AvgIpc) is 2.46. The van der Waals surface area contributed by atoms with Gasteiger partial charge in [-0.15, -0.1) is 0 Å². The number of carbonyl (C=O) groups is 1. The van der Waals surface area contributed by atoms with Crippen molar-refractivity contribution in [1.29, 1.82) is 0 Å². The Hall–Kier alpha value is -1.71. The molecule has 0 aliphatic carbocycles. The van der Waals surface area contributed by atoms with Crippen molar-refractivity contribution in [3.05, 3.63) is 36.0 Å². The van der Waals surface area contributed by atoms with Gasteiger partial charge in [-0.2, -0.15) is 0 Å². The molecule has 0 amide bonds. The van der Waals surface area contributed by atoms with Gasteiger partial charge in [0, 0.05) is 13.1 Å². The van der Waals surface area contributed by atoms with Crippen LogP contribution in [0.25, 0.3) is 5.65 Å². The number of imidazole rings is 1. The third kappa shape index (κ3) is 1.20. The smallest absolute Gasteiger partial charge is 0.178 e. The molecule has 0 aliphatic heterocycles. The van der Waals surface area contributed by atoms with Crippen LogP contribution in [0.3, 0.4) is 0 Å². The Morgan fingerprint density at radius 3 is 3.00 bits per heavy atom. The van der Waals surface area contributed by atoms with Crippen LogP contribution in [-0.4, -0.2) is 15.2 Å². The molecule has 0 radical (unpaired) electrons. The fraction of sp³-hybridized carbons (Fsp3) is 0.111. The molecule has 4 heteroatoms. The van der Waals surface area contributed by atoms with Crippen molar-refractivity contribution < 1.29 is 9.18 Å². The number of rotatable bonds is 1. The molecule has 2 aromatic rings. The topological polar surface area (TPSA) is 34.4 Å². The summed E-state index contributed by atoms with van der Waals surface area (Å²) in [6.07, 6.45) is 2.69. The number of pyridine rings is 1. The van der Waals surface area contributed by atoms with Crippen molar-refractivity contribution in [1.82, 2.24) is 9.38 Å². The van der Waals surface area contributed by atoms with E-state index in [0.717, 1.165) is 0 Å². The molecule has 0 spiro atoms. The lowest BCUT2D eigenvalue weighted by Gasteiger charge is -1.96. The molecule has 0 saturated heterocycles. The summed E-state index contributed by atoms with van der Waals surface area (Å²) in [4.78, 5) is 15.0. The molecule has 66 valence electrons. The summed E-state index contributed by atoms with van der Waals surface area (Å²) in [5.41, 5.74) is 0.973. The number of hydrogen-bond acceptors (Lipinski definition) is 2. The maximum Gasteiger partial charge on any atom is 0.178 e. The summed E-state index contributed by atoms with van der Waals surface area (Å²) in [6, 6.07) is 2.84. The molecule has 2 aromatic heterocycles. The van der Waals surface area contributed by atoms with E-state index in [-0.39, 0.29) is 11.6 Å². The Morgan fingerprint density at radius 1 is 1.54 bits per heavy atom. The van der Waals surface area contributed by atoms with Crippen LogP contribution >= 0.6 is 0 Å². The molecule has 3 nitrogen and oxygen atoms in total. The van der Waals surface area contributed by atoms with E-state index in [0.29, 0.717) is 11.3 Å². The minimum atomic E-state index is -0.381. The van der Waals surface area contributed by atoms with Gasteiger partial charge in [-0.1, -0.05) is 0 Å². The van der Waals surface area contributed by atoms with E-state index in [1.54, 1.807) is 0 Å². The van der Waals surface area contributed by atoms with Crippen LogP contribution < -0.4 is 0 Å². The summed E-state index contributed by atoms with van der Waals surface area (Å²) in [5, 5.41) is 0. The highest BCUT2D eigenvalue weighted by Crippen LogP contribution is 2.08. The van der Waals surface area contributed by atoms with Gasteiger partial charge >= 0.3 is 0 Å². The van der Waals surface area contributed by atoms with Crippen molar-refractivity contribution in [2.24, 2.45) is 0 Å². The number of Topliss-reactive ketones (excluding diaryl/α,β-unsaturated/α-hetero) is 1. The maximum absolute atomic E-state index is 12.8. The second-order valence-corrected chi connectivity index (χ2v) is 2.78. The first-order chi connectivity index (χ1) is 6.18. The van der Waals surface area contributed by atoms with E-state index in [4.69, 9.17) is 0 Å². The van der Waals surface area contributed by atoms with Gasteiger partial charge < -0.3 is 0 Å². The van der Waals surface area contributed by atoms with E-state index in [2.05, 4.69) is 4.98 Å². The number of halogens is 1. The molecular weight excluding hydrogens is 171 g/mol. The third-order valence-electron chi connectivity index (χ3n) is 1.83. The molecule has 2 heterocycles. The van der Waals surface area contributed by atoms with Crippen molar-refractivity contribution >= 4 is 11.4 Å². The Balaban J connectivity index is 2.79. The summed E-state index contributed by atoms with van der Waals surface area (Å²) >= 11 is 0. The number of nitrogens with zero attached hydrogens (tertiary/aromatic N) is 2. The first-order valence-corrected chi connectivity index (χ1v) is 3.82. The molecule has 0 atom stereocenters. The van der Waals surface area contributed by atoms with Gasteiger partial charge in [0.15, 0.2) is 5.78 Å². The molecule has 0 saturated carbocycles. The van der Waals surface area contributed by atoms with Gasteiger partial charge in [0.2, 0.25) is 0 Å². The highest BCUT2D eigenvalue weighted by molar-refractivity contribution is 5.93. The molecule has 0 fully saturated rings. The highest BCUT2D eigenvalue weighted by atomic mass is 19.1. The lowest BCUT2D eigenvalue weighted by atomic mass is 10.3. The number of aromatic nitrogens is 2. The van der Waals surface area contributed by atoms with E-state index in [9.17, 15) is 9.18 Å². The first-order valence-electron chi connectivity index (χ1n) is 3.82. The second-order valence-electron chi connectivity index (χ2n) is 2.78. The van der Waals surface area contributed by atoms with Crippen molar-refractivity contribution in [2.45, 2.75) is 6.92 Å². The molecule has 0 bridgehead atoms. The first kappa shape index (κ1) is 7.91. The fourth-order valence-electron chi connectivity index (χ4n) is 1.22. The maximum atomic E-state index is 12.8. The van der Waals surface area contributed by atoms with E-state index < -0.39 is 0 Å². The Labute approximate surface area is 73.8 Å². The molecular formula is C9H7FN2O. The minimum absolute atomic E-state index is 0.127. The van der Waals surface area contributed by atoms with Gasteiger partial charge in [-0.3, -0.25) is 9.20 Å². The summed E-state index contributed by atoms with van der Waals surface area (Å²) in [7, 11) is 0. The SMILES string of the molecule is CC(=O)c1cnc2ccc(F)cn12. The van der Waals surface area contributed by atoms with Gasteiger partial charge in [0.1, 0.15) is 17.2 Å². The van der Waals surface area contributed by atoms with Gasteiger partial charge in [-0.05, 0) is 12.1 Å². The molecule has 0 N–H and O–H groups in total. The monoisotopic (exact) mass is 178 g/mol. The second kappa shape index (κ2) is 2.65. The van der Waals surface area contributed by atoms with Gasteiger partial charge in [0.25, 0.3) is 0 Å². The summed E-state index contributed by atoms with van der Waals surface area (Å²) in [6.45, 7) is 1.42. The van der Waals surface area contributed by atoms with Crippen LogP contribution in [0.4, 0.5) is 4.39 Å². The number of ketones is 1. The van der Waals surface area contributed by atoms with Crippen LogP contribution in [0, 0.1) is 5.82 Å². The Morgan fingerprint density at radius 2 is 2.31 bits per heavy atom. The predicted octanol–water partition coefficient (Wildman–Crippen LogP) is 1.68. The van der Waals surface area contributed by atoms with Crippen molar-refractivity contribution in [2.75, 3.05) is 0 Å². The van der Waals surface area contributed by atoms with Crippen LogP contribution in [0.2, 0.25) is 0 Å². The quantitative estimate of drug-likeness (QED) is 0.622.